The summed E-state index contributed by atoms with van der Waals surface area (Å²) in [4.78, 5) is 18.4. The Kier molecular flexibility index (Phi) is 5.50. The van der Waals surface area contributed by atoms with E-state index in [0.717, 1.165) is 5.56 Å². The molecule has 118 valence electrons. The van der Waals surface area contributed by atoms with Crippen LogP contribution in [0.3, 0.4) is 0 Å². The zero-order chi connectivity index (χ0) is 16.3. The molecule has 5 nitrogen and oxygen atoms in total. The van der Waals surface area contributed by atoms with Crippen molar-refractivity contribution >= 4 is 15.7 Å². The van der Waals surface area contributed by atoms with Crippen molar-refractivity contribution < 1.29 is 13.2 Å². The Morgan fingerprint density at radius 3 is 2.43 bits per heavy atom. The van der Waals surface area contributed by atoms with E-state index in [1.807, 2.05) is 33.8 Å². The fourth-order valence-electron chi connectivity index (χ4n) is 2.04. The molecule has 0 spiro atoms. The first-order valence-corrected chi connectivity index (χ1v) is 8.97. The lowest BCUT2D eigenvalue weighted by Crippen LogP contribution is -2.49. The monoisotopic (exact) mass is 312 g/mol. The predicted molar refractivity (Wildman–Crippen MR) is 83.8 cm³/mol. The third kappa shape index (κ3) is 5.46. The first-order chi connectivity index (χ1) is 9.52. The summed E-state index contributed by atoms with van der Waals surface area (Å²) in [7, 11) is -3.11. The van der Waals surface area contributed by atoms with Crippen molar-refractivity contribution in [1.82, 2.24) is 9.88 Å². The molecule has 1 atom stereocenters. The molecule has 0 aromatic carbocycles. The van der Waals surface area contributed by atoms with Crippen LogP contribution in [-0.2, 0) is 14.6 Å². The zero-order valence-electron chi connectivity index (χ0n) is 13.3. The van der Waals surface area contributed by atoms with Crippen molar-refractivity contribution in [2.24, 2.45) is 0 Å². The van der Waals surface area contributed by atoms with Gasteiger partial charge < -0.3 is 4.90 Å². The predicted octanol–water partition coefficient (Wildman–Crippen LogP) is 1.86. The van der Waals surface area contributed by atoms with Crippen molar-refractivity contribution in [3.05, 3.63) is 30.1 Å². The van der Waals surface area contributed by atoms with E-state index in [-0.39, 0.29) is 24.1 Å². The van der Waals surface area contributed by atoms with Crippen molar-refractivity contribution in [2.45, 2.75) is 39.2 Å². The van der Waals surface area contributed by atoms with Crippen LogP contribution in [0.5, 0.6) is 0 Å². The van der Waals surface area contributed by atoms with Crippen molar-refractivity contribution in [2.75, 3.05) is 18.6 Å². The third-order valence-corrected chi connectivity index (χ3v) is 4.24. The van der Waals surface area contributed by atoms with E-state index in [0.29, 0.717) is 0 Å². The lowest BCUT2D eigenvalue weighted by molar-refractivity contribution is -0.136. The Morgan fingerprint density at radius 1 is 1.38 bits per heavy atom. The highest BCUT2D eigenvalue weighted by molar-refractivity contribution is 7.90. The summed E-state index contributed by atoms with van der Waals surface area (Å²) in [5, 5.41) is 0. The van der Waals surface area contributed by atoms with E-state index in [2.05, 4.69) is 4.98 Å². The molecule has 0 saturated heterocycles. The van der Waals surface area contributed by atoms with Gasteiger partial charge in [-0.25, -0.2) is 8.42 Å². The standard InChI is InChI=1S/C15H24N2O3S/c1-12(13-7-6-8-16-11-13)14(18)17(15(2,3)4)9-10-21(5,19)20/h6-8,11-12H,9-10H2,1-5H3/t12-/m1/s1. The number of hydrogen-bond acceptors (Lipinski definition) is 4. The van der Waals surface area contributed by atoms with E-state index in [9.17, 15) is 13.2 Å². The molecule has 6 heteroatoms. The Bertz CT molecular complexity index is 577. The Balaban J connectivity index is 2.96. The van der Waals surface area contributed by atoms with Gasteiger partial charge in [-0.05, 0) is 39.3 Å². The van der Waals surface area contributed by atoms with E-state index < -0.39 is 15.4 Å². The number of nitrogens with zero attached hydrogens (tertiary/aromatic N) is 2. The highest BCUT2D eigenvalue weighted by atomic mass is 32.2. The van der Waals surface area contributed by atoms with Crippen LogP contribution in [0.4, 0.5) is 0 Å². The first-order valence-electron chi connectivity index (χ1n) is 6.91. The van der Waals surface area contributed by atoms with Gasteiger partial charge in [0.25, 0.3) is 0 Å². The van der Waals surface area contributed by atoms with Gasteiger partial charge in [-0.2, -0.15) is 0 Å². The molecular formula is C15H24N2O3S. The molecule has 1 aromatic heterocycles. The average Bonchev–Trinajstić information content (AvgIpc) is 2.36. The van der Waals surface area contributed by atoms with E-state index in [1.54, 1.807) is 23.4 Å². The molecule has 0 fully saturated rings. The molecule has 1 aromatic rings. The number of amides is 1. The summed E-state index contributed by atoms with van der Waals surface area (Å²) in [6.45, 7) is 7.74. The van der Waals surface area contributed by atoms with Crippen LogP contribution in [0.25, 0.3) is 0 Å². The summed E-state index contributed by atoms with van der Waals surface area (Å²) in [6.07, 6.45) is 4.51. The molecule has 1 rings (SSSR count). The Hall–Kier alpha value is -1.43. The van der Waals surface area contributed by atoms with Crippen molar-refractivity contribution in [3.8, 4) is 0 Å². The molecule has 0 bridgehead atoms. The van der Waals surface area contributed by atoms with Gasteiger partial charge in [0.2, 0.25) is 5.91 Å². The number of carbonyl (C=O) groups excluding carboxylic acids is 1. The Labute approximate surface area is 127 Å². The highest BCUT2D eigenvalue weighted by Crippen LogP contribution is 2.22. The maximum atomic E-state index is 12.7. The second kappa shape index (κ2) is 6.56. The van der Waals surface area contributed by atoms with Crippen LogP contribution >= 0.6 is 0 Å². The summed E-state index contributed by atoms with van der Waals surface area (Å²) in [5.74, 6) is -0.466. The number of rotatable bonds is 5. The van der Waals surface area contributed by atoms with Gasteiger partial charge in [-0.3, -0.25) is 9.78 Å². The van der Waals surface area contributed by atoms with Gasteiger partial charge in [-0.1, -0.05) is 6.07 Å². The summed E-state index contributed by atoms with van der Waals surface area (Å²) in [5.41, 5.74) is 0.397. The second-order valence-corrected chi connectivity index (χ2v) is 8.56. The maximum absolute atomic E-state index is 12.7. The molecule has 0 aliphatic heterocycles. The quantitative estimate of drug-likeness (QED) is 0.832. The number of pyridine rings is 1. The highest BCUT2D eigenvalue weighted by Gasteiger charge is 2.30. The van der Waals surface area contributed by atoms with Gasteiger partial charge in [-0.15, -0.1) is 0 Å². The lowest BCUT2D eigenvalue weighted by Gasteiger charge is -2.37. The van der Waals surface area contributed by atoms with E-state index in [4.69, 9.17) is 0 Å². The summed E-state index contributed by atoms with van der Waals surface area (Å²) < 4.78 is 22.8. The van der Waals surface area contributed by atoms with Gasteiger partial charge in [0.15, 0.2) is 0 Å². The molecule has 0 aliphatic rings. The normalized spacial score (nSPS) is 13.8. The van der Waals surface area contributed by atoms with Crippen LogP contribution in [-0.4, -0.2) is 48.3 Å². The fraction of sp³-hybridized carbons (Fsp3) is 0.600. The van der Waals surface area contributed by atoms with Gasteiger partial charge >= 0.3 is 0 Å². The van der Waals surface area contributed by atoms with Crippen LogP contribution in [0.15, 0.2) is 24.5 Å². The molecule has 21 heavy (non-hydrogen) atoms. The molecule has 0 aliphatic carbocycles. The second-order valence-electron chi connectivity index (χ2n) is 6.30. The molecule has 0 radical (unpaired) electrons. The van der Waals surface area contributed by atoms with Crippen LogP contribution in [0.1, 0.15) is 39.2 Å². The zero-order valence-corrected chi connectivity index (χ0v) is 14.1. The summed E-state index contributed by atoms with van der Waals surface area (Å²) >= 11 is 0. The molecule has 1 heterocycles. The Morgan fingerprint density at radius 2 is 2.00 bits per heavy atom. The molecular weight excluding hydrogens is 288 g/mol. The smallest absolute Gasteiger partial charge is 0.230 e. The SMILES string of the molecule is C[C@@H](C(=O)N(CCS(C)(=O)=O)C(C)(C)C)c1cccnc1. The van der Waals surface area contributed by atoms with Crippen molar-refractivity contribution in [3.63, 3.8) is 0 Å². The fourth-order valence-corrected chi connectivity index (χ4v) is 2.56. The van der Waals surface area contributed by atoms with Crippen LogP contribution in [0.2, 0.25) is 0 Å². The van der Waals surface area contributed by atoms with Crippen LogP contribution < -0.4 is 0 Å². The van der Waals surface area contributed by atoms with Gasteiger partial charge in [0.1, 0.15) is 9.84 Å². The average molecular weight is 312 g/mol. The minimum absolute atomic E-state index is 0.0320. The number of aromatic nitrogens is 1. The number of sulfone groups is 1. The third-order valence-electron chi connectivity index (χ3n) is 3.32. The molecule has 0 saturated carbocycles. The largest absolute Gasteiger partial charge is 0.336 e. The first kappa shape index (κ1) is 17.6. The van der Waals surface area contributed by atoms with E-state index >= 15 is 0 Å². The summed E-state index contributed by atoms with van der Waals surface area (Å²) in [6, 6.07) is 3.64. The molecule has 0 N–H and O–H groups in total. The number of carbonyl (C=O) groups is 1. The minimum atomic E-state index is -3.11. The van der Waals surface area contributed by atoms with Gasteiger partial charge in [0, 0.05) is 30.7 Å². The van der Waals surface area contributed by atoms with Crippen molar-refractivity contribution in [1.29, 1.82) is 0 Å². The molecule has 0 unspecified atom stereocenters. The number of hydrogen-bond donors (Lipinski definition) is 0. The molecule has 1 amide bonds. The maximum Gasteiger partial charge on any atom is 0.230 e. The lowest BCUT2D eigenvalue weighted by atomic mass is 9.98. The topological polar surface area (TPSA) is 67.3 Å². The van der Waals surface area contributed by atoms with Gasteiger partial charge in [0.05, 0.1) is 11.7 Å². The minimum Gasteiger partial charge on any atom is -0.336 e. The van der Waals surface area contributed by atoms with Crippen LogP contribution in [0, 0.1) is 0 Å². The van der Waals surface area contributed by atoms with E-state index in [1.165, 1.54) is 6.26 Å².